The van der Waals surface area contributed by atoms with Crippen molar-refractivity contribution in [3.05, 3.63) is 28.2 Å². The monoisotopic (exact) mass is 382 g/mol. The van der Waals surface area contributed by atoms with Crippen molar-refractivity contribution in [2.75, 3.05) is 38.2 Å². The smallest absolute Gasteiger partial charge is 0.225 e. The van der Waals surface area contributed by atoms with E-state index < -0.39 is 0 Å². The second kappa shape index (κ2) is 7.30. The number of carbonyl (C=O) groups is 1. The zero-order valence-corrected chi connectivity index (χ0v) is 15.0. The van der Waals surface area contributed by atoms with Crippen LogP contribution in [0, 0.1) is 6.92 Å². The lowest BCUT2D eigenvalue weighted by atomic mass is 10.0. The predicted octanol–water partition coefficient (Wildman–Crippen LogP) is 2.93. The quantitative estimate of drug-likeness (QED) is 0.869. The van der Waals surface area contributed by atoms with Crippen LogP contribution in [-0.4, -0.2) is 49.4 Å². The van der Waals surface area contributed by atoms with Gasteiger partial charge in [0.25, 0.3) is 0 Å². The number of piperidine rings is 1. The molecule has 0 bridgehead atoms. The summed E-state index contributed by atoms with van der Waals surface area (Å²) in [6, 6.07) is 5.87. The van der Waals surface area contributed by atoms with Gasteiger partial charge in [0, 0.05) is 49.1 Å². The summed E-state index contributed by atoms with van der Waals surface area (Å²) in [5, 5.41) is 2.99. The number of aryl methyl sites for hydroxylation is 1. The Balaban J connectivity index is 1.43. The Morgan fingerprint density at radius 2 is 2.00 bits per heavy atom. The number of halogens is 1. The maximum absolute atomic E-state index is 12.1. The largest absolute Gasteiger partial charge is 0.347 e. The summed E-state index contributed by atoms with van der Waals surface area (Å²) in [5.41, 5.74) is 1.94. The molecular weight excluding hydrogens is 360 g/mol. The van der Waals surface area contributed by atoms with Gasteiger partial charge in [-0.1, -0.05) is 15.9 Å². The zero-order valence-electron chi connectivity index (χ0n) is 13.4. The first kappa shape index (κ1) is 16.9. The Labute approximate surface area is 145 Å². The number of nitrogens with one attached hydrogen (secondary N) is 1. The first-order valence-electron chi connectivity index (χ1n) is 8.13. The molecule has 2 aliphatic rings. The number of amides is 1. The van der Waals surface area contributed by atoms with Crippen LogP contribution < -0.4 is 5.32 Å². The summed E-state index contributed by atoms with van der Waals surface area (Å²) in [5.74, 6) is -0.281. The van der Waals surface area contributed by atoms with E-state index in [2.05, 4.69) is 26.1 Å². The molecule has 0 aromatic heterocycles. The van der Waals surface area contributed by atoms with Crippen LogP contribution in [0.1, 0.15) is 24.8 Å². The lowest BCUT2D eigenvalue weighted by Crippen LogP contribution is -2.45. The van der Waals surface area contributed by atoms with Crippen molar-refractivity contribution in [3.63, 3.8) is 0 Å². The summed E-state index contributed by atoms with van der Waals surface area (Å²) in [6.45, 7) is 6.02. The van der Waals surface area contributed by atoms with Crippen molar-refractivity contribution < 1.29 is 14.3 Å². The summed E-state index contributed by atoms with van der Waals surface area (Å²) in [4.78, 5) is 14.5. The molecular formula is C17H23BrN2O3. The van der Waals surface area contributed by atoms with Crippen molar-refractivity contribution in [2.24, 2.45) is 0 Å². The average molecular weight is 383 g/mol. The number of benzene rings is 1. The van der Waals surface area contributed by atoms with E-state index in [-0.39, 0.29) is 11.7 Å². The van der Waals surface area contributed by atoms with Gasteiger partial charge in [0.2, 0.25) is 5.91 Å². The lowest BCUT2D eigenvalue weighted by molar-refractivity contribution is -0.185. The van der Waals surface area contributed by atoms with Crippen LogP contribution in [0.3, 0.4) is 0 Å². The first-order valence-corrected chi connectivity index (χ1v) is 8.92. The second-order valence-electron chi connectivity index (χ2n) is 6.21. The van der Waals surface area contributed by atoms with Crippen molar-refractivity contribution in [1.29, 1.82) is 0 Å². The number of rotatable bonds is 4. The molecule has 2 saturated heterocycles. The number of nitrogens with zero attached hydrogens (tertiary/aromatic N) is 1. The molecule has 0 unspecified atom stereocenters. The fraction of sp³-hybridized carbons (Fsp3) is 0.588. The maximum atomic E-state index is 12.1. The highest BCUT2D eigenvalue weighted by atomic mass is 79.9. The van der Waals surface area contributed by atoms with E-state index in [0.29, 0.717) is 19.6 Å². The maximum Gasteiger partial charge on any atom is 0.225 e. The van der Waals surface area contributed by atoms with E-state index in [0.717, 1.165) is 48.2 Å². The molecule has 2 fully saturated rings. The molecule has 0 radical (unpaired) electrons. The Kier molecular flexibility index (Phi) is 5.36. The molecule has 23 heavy (non-hydrogen) atoms. The number of carbonyl (C=O) groups excluding carboxylic acids is 1. The average Bonchev–Trinajstić information content (AvgIpc) is 2.98. The third kappa shape index (κ3) is 4.32. The van der Waals surface area contributed by atoms with Crippen molar-refractivity contribution in [2.45, 2.75) is 32.0 Å². The van der Waals surface area contributed by atoms with Gasteiger partial charge in [0.15, 0.2) is 5.79 Å². The topological polar surface area (TPSA) is 50.8 Å². The molecule has 1 amide bonds. The van der Waals surface area contributed by atoms with Crippen LogP contribution in [0.4, 0.5) is 5.69 Å². The Morgan fingerprint density at radius 1 is 1.30 bits per heavy atom. The molecule has 2 aliphatic heterocycles. The van der Waals surface area contributed by atoms with Gasteiger partial charge in [-0.15, -0.1) is 0 Å². The predicted molar refractivity (Wildman–Crippen MR) is 92.4 cm³/mol. The molecule has 1 spiro atoms. The van der Waals surface area contributed by atoms with Gasteiger partial charge >= 0.3 is 0 Å². The van der Waals surface area contributed by atoms with Gasteiger partial charge in [-0.3, -0.25) is 4.79 Å². The van der Waals surface area contributed by atoms with Gasteiger partial charge in [0.1, 0.15) is 0 Å². The number of likely N-dealkylation sites (tertiary alicyclic amines) is 1. The molecule has 1 aromatic rings. The van der Waals surface area contributed by atoms with Crippen molar-refractivity contribution in [3.8, 4) is 0 Å². The number of hydrogen-bond acceptors (Lipinski definition) is 4. The minimum Gasteiger partial charge on any atom is -0.347 e. The van der Waals surface area contributed by atoms with Crippen molar-refractivity contribution >= 4 is 27.5 Å². The van der Waals surface area contributed by atoms with Crippen LogP contribution in [0.15, 0.2) is 22.7 Å². The SMILES string of the molecule is Cc1cc(Br)ccc1NC(=O)CCN1CCC2(CC1)OCCO2. The molecule has 5 nitrogen and oxygen atoms in total. The minimum absolute atomic E-state index is 0.0593. The van der Waals surface area contributed by atoms with Gasteiger partial charge < -0.3 is 19.7 Å². The molecule has 2 heterocycles. The summed E-state index contributed by atoms with van der Waals surface area (Å²) < 4.78 is 12.5. The highest BCUT2D eigenvalue weighted by molar-refractivity contribution is 9.10. The molecule has 1 N–H and O–H groups in total. The molecule has 6 heteroatoms. The fourth-order valence-corrected chi connectivity index (χ4v) is 3.62. The second-order valence-corrected chi connectivity index (χ2v) is 7.12. The van der Waals surface area contributed by atoms with Gasteiger partial charge in [-0.2, -0.15) is 0 Å². The van der Waals surface area contributed by atoms with E-state index in [4.69, 9.17) is 9.47 Å². The normalized spacial score (nSPS) is 20.8. The lowest BCUT2D eigenvalue weighted by Gasteiger charge is -2.37. The zero-order chi connectivity index (χ0) is 16.3. The molecule has 0 aliphatic carbocycles. The standard InChI is InChI=1S/C17H23BrN2O3/c1-13-12-14(18)2-3-15(13)19-16(21)4-7-20-8-5-17(6-9-20)22-10-11-23-17/h2-3,12H,4-11H2,1H3,(H,19,21). The third-order valence-corrected chi connectivity index (χ3v) is 5.04. The fourth-order valence-electron chi connectivity index (χ4n) is 3.14. The molecule has 1 aromatic carbocycles. The molecule has 126 valence electrons. The molecule has 0 atom stereocenters. The van der Waals surface area contributed by atoms with Crippen LogP contribution in [0.2, 0.25) is 0 Å². The van der Waals surface area contributed by atoms with E-state index in [1.54, 1.807) is 0 Å². The van der Waals surface area contributed by atoms with E-state index in [9.17, 15) is 4.79 Å². The van der Waals surface area contributed by atoms with Crippen LogP contribution >= 0.6 is 15.9 Å². The van der Waals surface area contributed by atoms with Crippen molar-refractivity contribution in [1.82, 2.24) is 4.90 Å². The Morgan fingerprint density at radius 3 is 2.65 bits per heavy atom. The number of anilines is 1. The highest BCUT2D eigenvalue weighted by Crippen LogP contribution is 2.31. The van der Waals surface area contributed by atoms with Crippen LogP contribution in [-0.2, 0) is 14.3 Å². The summed E-state index contributed by atoms with van der Waals surface area (Å²) in [7, 11) is 0. The van der Waals surface area contributed by atoms with Gasteiger partial charge in [-0.05, 0) is 30.7 Å². The van der Waals surface area contributed by atoms with Gasteiger partial charge in [0.05, 0.1) is 13.2 Å². The van der Waals surface area contributed by atoms with Crippen LogP contribution in [0.5, 0.6) is 0 Å². The number of hydrogen-bond donors (Lipinski definition) is 1. The minimum atomic E-state index is -0.340. The highest BCUT2D eigenvalue weighted by Gasteiger charge is 2.39. The van der Waals surface area contributed by atoms with E-state index >= 15 is 0 Å². The Bertz CT molecular complexity index is 563. The van der Waals surface area contributed by atoms with Crippen LogP contribution in [0.25, 0.3) is 0 Å². The van der Waals surface area contributed by atoms with E-state index in [1.165, 1.54) is 0 Å². The Hall–Kier alpha value is -0.950. The third-order valence-electron chi connectivity index (χ3n) is 4.55. The summed E-state index contributed by atoms with van der Waals surface area (Å²) >= 11 is 3.43. The van der Waals surface area contributed by atoms with Gasteiger partial charge in [-0.25, -0.2) is 0 Å². The number of ether oxygens (including phenoxy) is 2. The van der Waals surface area contributed by atoms with E-state index in [1.807, 2.05) is 25.1 Å². The molecule has 0 saturated carbocycles. The summed E-state index contributed by atoms with van der Waals surface area (Å²) in [6.07, 6.45) is 2.28. The first-order chi connectivity index (χ1) is 11.1. The molecule has 3 rings (SSSR count).